The molecule has 3 heteroatoms. The van der Waals surface area contributed by atoms with E-state index in [9.17, 15) is 0 Å². The average Bonchev–Trinajstić information content (AvgIpc) is 3.35. The fourth-order valence-electron chi connectivity index (χ4n) is 6.61. The molecule has 1 aliphatic rings. The molecule has 0 saturated heterocycles. The van der Waals surface area contributed by atoms with E-state index in [4.69, 9.17) is 15.0 Å². The van der Waals surface area contributed by atoms with E-state index in [-0.39, 0.29) is 5.41 Å². The van der Waals surface area contributed by atoms with Gasteiger partial charge in [0.1, 0.15) is 0 Å². The van der Waals surface area contributed by atoms with Crippen LogP contribution in [0.1, 0.15) is 25.0 Å². The predicted octanol–water partition coefficient (Wildman–Crippen LogP) is 10.5. The van der Waals surface area contributed by atoms with E-state index < -0.39 is 0 Å². The first-order valence-corrected chi connectivity index (χ1v) is 15.4. The molecule has 0 spiro atoms. The van der Waals surface area contributed by atoms with Crippen LogP contribution in [0.2, 0.25) is 0 Å². The van der Waals surface area contributed by atoms with Gasteiger partial charge in [-0.15, -0.1) is 0 Å². The van der Waals surface area contributed by atoms with Crippen molar-refractivity contribution in [1.82, 2.24) is 15.0 Å². The van der Waals surface area contributed by atoms with Crippen LogP contribution in [0.25, 0.3) is 67.5 Å². The van der Waals surface area contributed by atoms with Gasteiger partial charge >= 0.3 is 0 Å². The molecule has 0 radical (unpaired) electrons. The Bertz CT molecular complexity index is 2170. The number of aromatic nitrogens is 3. The Morgan fingerprint density at radius 2 is 0.822 bits per heavy atom. The molecule has 214 valence electrons. The molecule has 1 heterocycles. The fraction of sp³-hybridized carbons (Fsp3) is 0.0714. The van der Waals surface area contributed by atoms with Crippen molar-refractivity contribution in [3.63, 3.8) is 0 Å². The highest BCUT2D eigenvalue weighted by atomic mass is 15.0. The van der Waals surface area contributed by atoms with Gasteiger partial charge in [-0.3, -0.25) is 0 Å². The third-order valence-corrected chi connectivity index (χ3v) is 8.96. The van der Waals surface area contributed by atoms with Crippen LogP contribution in [0.5, 0.6) is 0 Å². The van der Waals surface area contributed by atoms with Gasteiger partial charge in [0.2, 0.25) is 0 Å². The number of nitrogens with zero attached hydrogens (tertiary/aromatic N) is 3. The summed E-state index contributed by atoms with van der Waals surface area (Å²) in [6, 6.07) is 53.1. The SMILES string of the molecule is CC1(C)c2ccccc2-c2c(-c3ccc(-c4nc(-c5ccccc5)nc(-c5cccc(-c6ccccc6)c5)n4)cc3)cccc21. The van der Waals surface area contributed by atoms with Crippen molar-refractivity contribution < 1.29 is 0 Å². The Labute approximate surface area is 264 Å². The molecule has 1 aromatic heterocycles. The largest absolute Gasteiger partial charge is 0.208 e. The van der Waals surface area contributed by atoms with Gasteiger partial charge in [-0.2, -0.15) is 0 Å². The van der Waals surface area contributed by atoms with Crippen LogP contribution in [0.3, 0.4) is 0 Å². The molecule has 3 nitrogen and oxygen atoms in total. The summed E-state index contributed by atoms with van der Waals surface area (Å²) in [7, 11) is 0. The number of hydrogen-bond acceptors (Lipinski definition) is 3. The van der Waals surface area contributed by atoms with Gasteiger partial charge in [0.15, 0.2) is 17.5 Å². The minimum atomic E-state index is -0.0329. The first-order valence-electron chi connectivity index (χ1n) is 15.4. The summed E-state index contributed by atoms with van der Waals surface area (Å²) in [6.45, 7) is 4.64. The quantitative estimate of drug-likeness (QED) is 0.204. The lowest BCUT2D eigenvalue weighted by molar-refractivity contribution is 0.660. The molecule has 8 rings (SSSR count). The number of rotatable bonds is 5. The molecule has 45 heavy (non-hydrogen) atoms. The van der Waals surface area contributed by atoms with Crippen molar-refractivity contribution >= 4 is 0 Å². The molecular weight excluding hydrogens is 546 g/mol. The van der Waals surface area contributed by atoms with Gasteiger partial charge in [0.25, 0.3) is 0 Å². The minimum absolute atomic E-state index is 0.0329. The Morgan fingerprint density at radius 3 is 1.53 bits per heavy atom. The number of benzene rings is 6. The summed E-state index contributed by atoms with van der Waals surface area (Å²) in [5.41, 5.74) is 12.9. The van der Waals surface area contributed by atoms with Crippen LogP contribution < -0.4 is 0 Å². The molecule has 0 bridgehead atoms. The summed E-state index contributed by atoms with van der Waals surface area (Å²) in [5.74, 6) is 1.96. The van der Waals surface area contributed by atoms with Crippen LogP contribution in [-0.4, -0.2) is 15.0 Å². The van der Waals surface area contributed by atoms with Crippen LogP contribution in [-0.2, 0) is 5.41 Å². The van der Waals surface area contributed by atoms with E-state index in [0.717, 1.165) is 27.8 Å². The van der Waals surface area contributed by atoms with Gasteiger partial charge in [0, 0.05) is 22.1 Å². The second-order valence-corrected chi connectivity index (χ2v) is 12.1. The zero-order chi connectivity index (χ0) is 30.4. The molecule has 0 aliphatic heterocycles. The summed E-state index contributed by atoms with van der Waals surface area (Å²) in [4.78, 5) is 14.9. The zero-order valence-electron chi connectivity index (χ0n) is 25.3. The highest BCUT2D eigenvalue weighted by molar-refractivity contribution is 5.92. The maximum absolute atomic E-state index is 5.02. The van der Waals surface area contributed by atoms with E-state index in [2.05, 4.69) is 129 Å². The summed E-state index contributed by atoms with van der Waals surface area (Å²) < 4.78 is 0. The first-order chi connectivity index (χ1) is 22.1. The minimum Gasteiger partial charge on any atom is -0.208 e. The van der Waals surface area contributed by atoms with E-state index in [1.54, 1.807) is 0 Å². The molecule has 1 aliphatic carbocycles. The summed E-state index contributed by atoms with van der Waals surface area (Å²) in [5, 5.41) is 0. The normalized spacial score (nSPS) is 12.8. The zero-order valence-corrected chi connectivity index (χ0v) is 25.3. The molecule has 0 saturated carbocycles. The topological polar surface area (TPSA) is 38.7 Å². The van der Waals surface area contributed by atoms with E-state index >= 15 is 0 Å². The number of fused-ring (bicyclic) bond motifs is 3. The Balaban J connectivity index is 1.22. The fourth-order valence-corrected chi connectivity index (χ4v) is 6.61. The molecule has 6 aromatic carbocycles. The van der Waals surface area contributed by atoms with Gasteiger partial charge < -0.3 is 0 Å². The molecular formula is C42H31N3. The highest BCUT2D eigenvalue weighted by Crippen LogP contribution is 2.51. The lowest BCUT2D eigenvalue weighted by Gasteiger charge is -2.21. The lowest BCUT2D eigenvalue weighted by Crippen LogP contribution is -2.14. The smallest absolute Gasteiger partial charge is 0.164 e. The predicted molar refractivity (Wildman–Crippen MR) is 185 cm³/mol. The Morgan fingerprint density at radius 1 is 0.356 bits per heavy atom. The van der Waals surface area contributed by atoms with Gasteiger partial charge in [-0.05, 0) is 50.6 Å². The van der Waals surface area contributed by atoms with Crippen molar-refractivity contribution in [2.24, 2.45) is 0 Å². The summed E-state index contributed by atoms with van der Waals surface area (Å²) in [6.07, 6.45) is 0. The van der Waals surface area contributed by atoms with Crippen LogP contribution in [0, 0.1) is 0 Å². The third-order valence-electron chi connectivity index (χ3n) is 8.96. The van der Waals surface area contributed by atoms with E-state index in [1.807, 2.05) is 36.4 Å². The Kier molecular flexibility index (Phi) is 6.46. The van der Waals surface area contributed by atoms with E-state index in [0.29, 0.717) is 17.5 Å². The summed E-state index contributed by atoms with van der Waals surface area (Å²) >= 11 is 0. The Hall–Kier alpha value is -5.67. The monoisotopic (exact) mass is 577 g/mol. The lowest BCUT2D eigenvalue weighted by atomic mass is 9.82. The average molecular weight is 578 g/mol. The maximum atomic E-state index is 5.02. The third kappa shape index (κ3) is 4.74. The highest BCUT2D eigenvalue weighted by Gasteiger charge is 2.36. The second-order valence-electron chi connectivity index (χ2n) is 12.1. The van der Waals surface area contributed by atoms with Crippen molar-refractivity contribution in [2.45, 2.75) is 19.3 Å². The van der Waals surface area contributed by atoms with Crippen molar-refractivity contribution in [1.29, 1.82) is 0 Å². The van der Waals surface area contributed by atoms with Crippen LogP contribution >= 0.6 is 0 Å². The maximum Gasteiger partial charge on any atom is 0.164 e. The first kappa shape index (κ1) is 26.9. The van der Waals surface area contributed by atoms with Crippen LogP contribution in [0.4, 0.5) is 0 Å². The molecule has 0 unspecified atom stereocenters. The molecule has 0 atom stereocenters. The van der Waals surface area contributed by atoms with Crippen molar-refractivity contribution in [2.75, 3.05) is 0 Å². The standard InChI is InChI=1S/C42H31N3/c1-42(2)36-21-10-9-19-35(36)38-34(20-12-22-37(38)42)29-23-25-31(26-24-29)40-43-39(30-15-7-4-8-16-30)44-41(45-40)33-18-11-17-32(27-33)28-13-5-3-6-14-28/h3-27H,1-2H3. The van der Waals surface area contributed by atoms with Gasteiger partial charge in [0.05, 0.1) is 0 Å². The van der Waals surface area contributed by atoms with Crippen molar-refractivity contribution in [3.8, 4) is 67.5 Å². The van der Waals surface area contributed by atoms with Gasteiger partial charge in [-0.1, -0.05) is 159 Å². The molecule has 7 aromatic rings. The number of hydrogen-bond donors (Lipinski definition) is 0. The molecule has 0 fully saturated rings. The van der Waals surface area contributed by atoms with Crippen molar-refractivity contribution in [3.05, 3.63) is 163 Å². The molecule has 0 amide bonds. The van der Waals surface area contributed by atoms with E-state index in [1.165, 1.54) is 33.4 Å². The second kappa shape index (κ2) is 10.8. The van der Waals surface area contributed by atoms with Gasteiger partial charge in [-0.25, -0.2) is 15.0 Å². The molecule has 0 N–H and O–H groups in total. The van der Waals surface area contributed by atoms with Crippen LogP contribution in [0.15, 0.2) is 152 Å².